The molecule has 26 heavy (non-hydrogen) atoms. The van der Waals surface area contributed by atoms with E-state index in [1.54, 1.807) is 24.1 Å². The molecule has 0 aliphatic heterocycles. The van der Waals surface area contributed by atoms with Crippen LogP contribution in [-0.2, 0) is 0 Å². The summed E-state index contributed by atoms with van der Waals surface area (Å²) in [6, 6.07) is 8.87. The molecule has 3 rings (SSSR count). The molecule has 0 bridgehead atoms. The predicted molar refractivity (Wildman–Crippen MR) is 102 cm³/mol. The Kier molecular flexibility index (Phi) is 5.24. The van der Waals surface area contributed by atoms with Crippen molar-refractivity contribution in [2.75, 3.05) is 19.1 Å². The third kappa shape index (κ3) is 3.42. The summed E-state index contributed by atoms with van der Waals surface area (Å²) in [6.07, 6.45) is 1.42. The van der Waals surface area contributed by atoms with E-state index in [1.165, 1.54) is 18.1 Å². The Labute approximate surface area is 163 Å². The van der Waals surface area contributed by atoms with Gasteiger partial charge >= 0.3 is 0 Å². The highest BCUT2D eigenvalue weighted by molar-refractivity contribution is 9.10. The van der Waals surface area contributed by atoms with E-state index in [9.17, 15) is 4.79 Å². The molecule has 0 radical (unpaired) electrons. The van der Waals surface area contributed by atoms with Gasteiger partial charge in [0.15, 0.2) is 0 Å². The molecule has 1 heterocycles. The highest BCUT2D eigenvalue weighted by atomic mass is 79.9. The molecule has 3 aromatic rings. The number of rotatable bonds is 4. The molecular formula is C17H15BrClN5O2. The zero-order chi connectivity index (χ0) is 18.8. The average Bonchev–Trinajstić information content (AvgIpc) is 3.17. The summed E-state index contributed by atoms with van der Waals surface area (Å²) in [6.45, 7) is 1.96. The maximum absolute atomic E-state index is 13.0. The van der Waals surface area contributed by atoms with Gasteiger partial charge in [-0.3, -0.25) is 4.79 Å². The largest absolute Gasteiger partial charge is 0.496 e. The van der Waals surface area contributed by atoms with Crippen LogP contribution in [0.3, 0.4) is 0 Å². The Bertz CT molecular complexity index is 962. The second-order valence-electron chi connectivity index (χ2n) is 5.56. The third-order valence-electron chi connectivity index (χ3n) is 3.93. The number of carbonyl (C=O) groups is 1. The Balaban J connectivity index is 2.01. The molecule has 0 fully saturated rings. The van der Waals surface area contributed by atoms with E-state index in [0.717, 1.165) is 15.7 Å². The Morgan fingerprint density at radius 1 is 1.31 bits per heavy atom. The van der Waals surface area contributed by atoms with Crippen molar-refractivity contribution in [2.24, 2.45) is 0 Å². The van der Waals surface area contributed by atoms with E-state index >= 15 is 0 Å². The van der Waals surface area contributed by atoms with Crippen molar-refractivity contribution in [1.82, 2.24) is 20.2 Å². The van der Waals surface area contributed by atoms with Gasteiger partial charge in [-0.25, -0.2) is 0 Å². The summed E-state index contributed by atoms with van der Waals surface area (Å²) in [7, 11) is 3.20. The lowest BCUT2D eigenvalue weighted by Crippen LogP contribution is -2.27. The van der Waals surface area contributed by atoms with Crippen LogP contribution >= 0.6 is 27.5 Å². The quantitative estimate of drug-likeness (QED) is 0.624. The molecule has 0 saturated carbocycles. The molecule has 134 valence electrons. The maximum Gasteiger partial charge on any atom is 0.261 e. The summed E-state index contributed by atoms with van der Waals surface area (Å²) in [5.41, 5.74) is 2.66. The van der Waals surface area contributed by atoms with E-state index in [-0.39, 0.29) is 5.91 Å². The van der Waals surface area contributed by atoms with Gasteiger partial charge < -0.3 is 9.64 Å². The van der Waals surface area contributed by atoms with Crippen molar-refractivity contribution in [3.63, 3.8) is 0 Å². The molecule has 9 heteroatoms. The number of aromatic nitrogens is 4. The molecule has 0 atom stereocenters. The van der Waals surface area contributed by atoms with Crippen molar-refractivity contribution in [3.05, 3.63) is 57.3 Å². The Morgan fingerprint density at radius 2 is 2.08 bits per heavy atom. The smallest absolute Gasteiger partial charge is 0.261 e. The molecule has 7 nitrogen and oxygen atoms in total. The number of aryl methyl sites for hydroxylation is 1. The lowest BCUT2D eigenvalue weighted by Gasteiger charge is -2.20. The fourth-order valence-corrected chi connectivity index (χ4v) is 2.96. The zero-order valence-corrected chi connectivity index (χ0v) is 16.6. The molecule has 0 N–H and O–H groups in total. The van der Waals surface area contributed by atoms with Crippen LogP contribution in [0.4, 0.5) is 5.69 Å². The molecule has 0 aliphatic carbocycles. The van der Waals surface area contributed by atoms with Gasteiger partial charge in [-0.05, 0) is 47.2 Å². The summed E-state index contributed by atoms with van der Waals surface area (Å²) < 4.78 is 7.78. The number of tetrazole rings is 1. The van der Waals surface area contributed by atoms with Crippen LogP contribution < -0.4 is 9.64 Å². The zero-order valence-electron chi connectivity index (χ0n) is 14.3. The second-order valence-corrected chi connectivity index (χ2v) is 6.82. The normalized spacial score (nSPS) is 10.7. The minimum absolute atomic E-state index is 0.242. The minimum atomic E-state index is -0.242. The lowest BCUT2D eigenvalue weighted by atomic mass is 10.1. The lowest BCUT2D eigenvalue weighted by molar-refractivity contribution is 0.0990. The van der Waals surface area contributed by atoms with E-state index in [2.05, 4.69) is 31.5 Å². The van der Waals surface area contributed by atoms with Crippen LogP contribution in [0.1, 0.15) is 15.9 Å². The van der Waals surface area contributed by atoms with Gasteiger partial charge in [-0.1, -0.05) is 27.5 Å². The number of benzene rings is 2. The van der Waals surface area contributed by atoms with Gasteiger partial charge in [-0.2, -0.15) is 4.68 Å². The van der Waals surface area contributed by atoms with Crippen LogP contribution in [0.5, 0.6) is 5.75 Å². The Hall–Kier alpha value is -2.45. The number of nitrogens with zero attached hydrogens (tertiary/aromatic N) is 5. The van der Waals surface area contributed by atoms with Gasteiger partial charge in [0.05, 0.1) is 23.4 Å². The van der Waals surface area contributed by atoms with Gasteiger partial charge in [0.2, 0.25) is 0 Å². The maximum atomic E-state index is 13.0. The third-order valence-corrected chi connectivity index (χ3v) is 5.12. The predicted octanol–water partition coefficient (Wildman–Crippen LogP) is 3.67. The summed E-state index contributed by atoms with van der Waals surface area (Å²) in [4.78, 5) is 14.5. The van der Waals surface area contributed by atoms with Crippen molar-refractivity contribution < 1.29 is 9.53 Å². The van der Waals surface area contributed by atoms with Gasteiger partial charge in [0.1, 0.15) is 12.1 Å². The van der Waals surface area contributed by atoms with Crippen LogP contribution in [0.25, 0.3) is 5.69 Å². The van der Waals surface area contributed by atoms with E-state index in [0.29, 0.717) is 22.0 Å². The number of hydrogen-bond acceptors (Lipinski definition) is 5. The van der Waals surface area contributed by atoms with Crippen molar-refractivity contribution in [2.45, 2.75) is 6.92 Å². The fourth-order valence-electron chi connectivity index (χ4n) is 2.46. The Morgan fingerprint density at radius 3 is 2.69 bits per heavy atom. The minimum Gasteiger partial charge on any atom is -0.496 e. The van der Waals surface area contributed by atoms with Crippen molar-refractivity contribution >= 4 is 39.1 Å². The van der Waals surface area contributed by atoms with Crippen LogP contribution in [0.2, 0.25) is 5.02 Å². The molecule has 0 spiro atoms. The number of hydrogen-bond donors (Lipinski definition) is 0. The van der Waals surface area contributed by atoms with Crippen molar-refractivity contribution in [1.29, 1.82) is 0 Å². The fraction of sp³-hybridized carbons (Fsp3) is 0.176. The van der Waals surface area contributed by atoms with Crippen LogP contribution in [0.15, 0.2) is 41.1 Å². The first-order valence-corrected chi connectivity index (χ1v) is 8.74. The molecule has 1 aromatic heterocycles. The molecule has 2 aromatic carbocycles. The summed E-state index contributed by atoms with van der Waals surface area (Å²) in [5, 5.41) is 11.3. The topological polar surface area (TPSA) is 73.1 Å². The first-order valence-electron chi connectivity index (χ1n) is 7.57. The number of amides is 1. The number of ether oxygens (including phenoxy) is 1. The standard InChI is InChI=1S/C17H15BrClN5O2/c1-10-6-11(4-5-13(10)18)23(2)17(25)12-7-14(19)15(8-16(12)26-3)24-9-20-21-22-24/h4-9H,1-3H3. The average molecular weight is 437 g/mol. The second kappa shape index (κ2) is 7.43. The van der Waals surface area contributed by atoms with Crippen LogP contribution in [-0.4, -0.2) is 40.3 Å². The number of anilines is 1. The molecule has 1 amide bonds. The highest BCUT2D eigenvalue weighted by Gasteiger charge is 2.21. The first kappa shape index (κ1) is 18.3. The van der Waals surface area contributed by atoms with E-state index in [1.807, 2.05) is 25.1 Å². The van der Waals surface area contributed by atoms with E-state index < -0.39 is 0 Å². The summed E-state index contributed by atoms with van der Waals surface area (Å²) >= 11 is 9.80. The first-order chi connectivity index (χ1) is 12.4. The van der Waals surface area contributed by atoms with Gasteiger partial charge in [-0.15, -0.1) is 5.10 Å². The number of methoxy groups -OCH3 is 1. The summed E-state index contributed by atoms with van der Waals surface area (Å²) in [5.74, 6) is 0.138. The van der Waals surface area contributed by atoms with Crippen LogP contribution in [0, 0.1) is 6.92 Å². The molecule has 0 aliphatic rings. The van der Waals surface area contributed by atoms with Gasteiger partial charge in [0, 0.05) is 23.3 Å². The number of carbonyl (C=O) groups excluding carboxylic acids is 1. The highest BCUT2D eigenvalue weighted by Crippen LogP contribution is 2.31. The molecule has 0 unspecified atom stereocenters. The van der Waals surface area contributed by atoms with Crippen molar-refractivity contribution in [3.8, 4) is 11.4 Å². The SMILES string of the molecule is COc1cc(-n2cnnn2)c(Cl)cc1C(=O)N(C)c1ccc(Br)c(C)c1. The number of halogens is 2. The monoisotopic (exact) mass is 435 g/mol. The van der Waals surface area contributed by atoms with E-state index in [4.69, 9.17) is 16.3 Å². The van der Waals surface area contributed by atoms with Gasteiger partial charge in [0.25, 0.3) is 5.91 Å². The molecular weight excluding hydrogens is 422 g/mol. The molecule has 0 saturated heterocycles.